The average molecular weight is 159 g/mol. The first kappa shape index (κ1) is 8.20. The first-order valence-electron chi connectivity index (χ1n) is 3.47. The summed E-state index contributed by atoms with van der Waals surface area (Å²) in [7, 11) is 0. The van der Waals surface area contributed by atoms with Gasteiger partial charge in [-0.15, -0.1) is 0 Å². The molecule has 0 radical (unpaired) electrons. The summed E-state index contributed by atoms with van der Waals surface area (Å²) in [5.41, 5.74) is 0. The highest BCUT2D eigenvalue weighted by Crippen LogP contribution is 2.00. The number of rotatable bonds is 2. The van der Waals surface area contributed by atoms with Crippen molar-refractivity contribution in [2.24, 2.45) is 0 Å². The van der Waals surface area contributed by atoms with Gasteiger partial charge in [0.05, 0.1) is 13.2 Å². The van der Waals surface area contributed by atoms with Crippen LogP contribution in [0.4, 0.5) is 4.39 Å². The molecule has 0 aromatic heterocycles. The zero-order valence-electron chi connectivity index (χ0n) is 6.12. The van der Waals surface area contributed by atoms with E-state index in [0.717, 1.165) is 0 Å². The van der Waals surface area contributed by atoms with Crippen LogP contribution in [0.25, 0.3) is 0 Å². The van der Waals surface area contributed by atoms with Crippen LogP contribution in [-0.4, -0.2) is 37.5 Å². The minimum atomic E-state index is -0.730. The Morgan fingerprint density at radius 1 is 1.45 bits per heavy atom. The molecule has 3 nitrogen and oxygen atoms in total. The Labute approximate surface area is 64.4 Å². The van der Waals surface area contributed by atoms with E-state index in [1.165, 1.54) is 6.20 Å². The van der Waals surface area contributed by atoms with Crippen molar-refractivity contribution in [3.63, 3.8) is 0 Å². The third-order valence-electron chi connectivity index (χ3n) is 1.46. The van der Waals surface area contributed by atoms with Gasteiger partial charge < -0.3 is 9.64 Å². The average Bonchev–Trinajstić information content (AvgIpc) is 2.06. The summed E-state index contributed by atoms with van der Waals surface area (Å²) >= 11 is 0. The molecule has 1 fully saturated rings. The maximum absolute atomic E-state index is 12.3. The molecular formula is C7H10FNO2. The second-order valence-electron chi connectivity index (χ2n) is 2.28. The third-order valence-corrected chi connectivity index (χ3v) is 1.46. The minimum absolute atomic E-state index is 0.204. The van der Waals surface area contributed by atoms with E-state index in [0.29, 0.717) is 26.3 Å². The van der Waals surface area contributed by atoms with Gasteiger partial charge in [0.15, 0.2) is 12.1 Å². The largest absolute Gasteiger partial charge is 0.378 e. The second-order valence-corrected chi connectivity index (χ2v) is 2.28. The maximum Gasteiger partial charge on any atom is 0.179 e. The number of morpholine rings is 1. The van der Waals surface area contributed by atoms with Crippen LogP contribution in [0, 0.1) is 0 Å². The number of halogens is 1. The molecule has 4 heteroatoms. The Morgan fingerprint density at radius 3 is 2.64 bits per heavy atom. The van der Waals surface area contributed by atoms with Crippen LogP contribution in [0.15, 0.2) is 12.0 Å². The van der Waals surface area contributed by atoms with E-state index in [-0.39, 0.29) is 6.29 Å². The summed E-state index contributed by atoms with van der Waals surface area (Å²) in [5.74, 6) is -0.730. The van der Waals surface area contributed by atoms with E-state index in [1.807, 2.05) is 0 Å². The summed E-state index contributed by atoms with van der Waals surface area (Å²) < 4.78 is 17.4. The molecule has 0 aromatic rings. The van der Waals surface area contributed by atoms with E-state index >= 15 is 0 Å². The van der Waals surface area contributed by atoms with Crippen LogP contribution in [0.5, 0.6) is 0 Å². The van der Waals surface area contributed by atoms with Crippen molar-refractivity contribution >= 4 is 6.29 Å². The van der Waals surface area contributed by atoms with Crippen LogP contribution in [0.3, 0.4) is 0 Å². The van der Waals surface area contributed by atoms with Crippen molar-refractivity contribution in [2.45, 2.75) is 0 Å². The van der Waals surface area contributed by atoms with E-state index in [1.54, 1.807) is 4.90 Å². The monoisotopic (exact) mass is 159 g/mol. The highest BCUT2D eigenvalue weighted by Gasteiger charge is 2.06. The fourth-order valence-corrected chi connectivity index (χ4v) is 0.911. The van der Waals surface area contributed by atoms with Crippen molar-refractivity contribution in [2.75, 3.05) is 26.3 Å². The SMILES string of the molecule is O=C/C(F)=C/N1CCOCC1. The summed E-state index contributed by atoms with van der Waals surface area (Å²) in [5, 5.41) is 0. The summed E-state index contributed by atoms with van der Waals surface area (Å²) in [6, 6.07) is 0. The number of aldehydes is 1. The van der Waals surface area contributed by atoms with Gasteiger partial charge in [0, 0.05) is 19.3 Å². The third kappa shape index (κ3) is 2.67. The van der Waals surface area contributed by atoms with E-state index in [9.17, 15) is 9.18 Å². The van der Waals surface area contributed by atoms with Crippen LogP contribution in [-0.2, 0) is 9.53 Å². The molecule has 1 aliphatic rings. The number of hydrogen-bond donors (Lipinski definition) is 0. The Kier molecular flexibility index (Phi) is 3.04. The van der Waals surface area contributed by atoms with Gasteiger partial charge in [-0.25, -0.2) is 4.39 Å². The minimum Gasteiger partial charge on any atom is -0.378 e. The highest BCUT2D eigenvalue weighted by molar-refractivity contribution is 5.69. The molecule has 0 N–H and O–H groups in total. The van der Waals surface area contributed by atoms with Crippen molar-refractivity contribution in [3.8, 4) is 0 Å². The van der Waals surface area contributed by atoms with Crippen molar-refractivity contribution in [3.05, 3.63) is 12.0 Å². The van der Waals surface area contributed by atoms with Gasteiger partial charge in [-0.2, -0.15) is 0 Å². The molecule has 0 spiro atoms. The molecule has 11 heavy (non-hydrogen) atoms. The molecule has 62 valence electrons. The fraction of sp³-hybridized carbons (Fsp3) is 0.571. The van der Waals surface area contributed by atoms with Crippen LogP contribution in [0.2, 0.25) is 0 Å². The van der Waals surface area contributed by atoms with E-state index < -0.39 is 5.83 Å². The Bertz CT molecular complexity index is 164. The van der Waals surface area contributed by atoms with E-state index in [2.05, 4.69) is 0 Å². The molecule has 1 heterocycles. The van der Waals surface area contributed by atoms with Crippen molar-refractivity contribution in [1.82, 2.24) is 4.90 Å². The summed E-state index contributed by atoms with van der Waals surface area (Å²) in [6.45, 7) is 2.51. The number of carbonyl (C=O) groups excluding carboxylic acids is 1. The van der Waals surface area contributed by atoms with Gasteiger partial charge >= 0.3 is 0 Å². The topological polar surface area (TPSA) is 29.5 Å². The summed E-state index contributed by atoms with van der Waals surface area (Å²) in [4.78, 5) is 11.6. The molecule has 1 rings (SSSR count). The molecule has 0 aliphatic carbocycles. The fourth-order valence-electron chi connectivity index (χ4n) is 0.911. The molecular weight excluding hydrogens is 149 g/mol. The lowest BCUT2D eigenvalue weighted by Crippen LogP contribution is -2.32. The molecule has 1 saturated heterocycles. The van der Waals surface area contributed by atoms with Crippen molar-refractivity contribution in [1.29, 1.82) is 0 Å². The summed E-state index contributed by atoms with van der Waals surface area (Å²) in [6.07, 6.45) is 1.42. The highest BCUT2D eigenvalue weighted by atomic mass is 19.1. The molecule has 0 amide bonds. The molecule has 0 atom stereocenters. The smallest absolute Gasteiger partial charge is 0.179 e. The lowest BCUT2D eigenvalue weighted by atomic mass is 10.4. The van der Waals surface area contributed by atoms with Crippen LogP contribution < -0.4 is 0 Å². The van der Waals surface area contributed by atoms with Gasteiger partial charge in [-0.3, -0.25) is 4.79 Å². The first-order valence-corrected chi connectivity index (χ1v) is 3.47. The lowest BCUT2D eigenvalue weighted by Gasteiger charge is -2.24. The molecule has 0 saturated carbocycles. The number of ether oxygens (including phenoxy) is 1. The normalized spacial score (nSPS) is 20.1. The predicted octanol–water partition coefficient (Wildman–Crippen LogP) is 0.328. The van der Waals surface area contributed by atoms with E-state index in [4.69, 9.17) is 4.74 Å². The lowest BCUT2D eigenvalue weighted by molar-refractivity contribution is -0.106. The maximum atomic E-state index is 12.3. The van der Waals surface area contributed by atoms with Gasteiger partial charge in [-0.05, 0) is 0 Å². The van der Waals surface area contributed by atoms with Crippen molar-refractivity contribution < 1.29 is 13.9 Å². The predicted molar refractivity (Wildman–Crippen MR) is 37.6 cm³/mol. The molecule has 0 unspecified atom stereocenters. The first-order chi connectivity index (χ1) is 5.33. The molecule has 0 bridgehead atoms. The Hall–Kier alpha value is -0.900. The van der Waals surface area contributed by atoms with Crippen LogP contribution in [0.1, 0.15) is 0 Å². The standard InChI is InChI=1S/C7H10FNO2/c8-7(6-10)5-9-1-3-11-4-2-9/h5-6H,1-4H2/b7-5-. The van der Waals surface area contributed by atoms with Crippen LogP contribution >= 0.6 is 0 Å². The Balaban J connectivity index is 2.40. The number of nitrogens with zero attached hydrogens (tertiary/aromatic N) is 1. The number of hydrogen-bond acceptors (Lipinski definition) is 3. The molecule has 1 aliphatic heterocycles. The number of allylic oxidation sites excluding steroid dienone is 1. The number of carbonyl (C=O) groups is 1. The molecule has 0 aromatic carbocycles. The zero-order chi connectivity index (χ0) is 8.10. The quantitative estimate of drug-likeness (QED) is 0.429. The Morgan fingerprint density at radius 2 is 2.09 bits per heavy atom. The second kappa shape index (κ2) is 4.08. The zero-order valence-corrected chi connectivity index (χ0v) is 6.12. The van der Waals surface area contributed by atoms with Gasteiger partial charge in [0.1, 0.15) is 0 Å². The van der Waals surface area contributed by atoms with Gasteiger partial charge in [0.2, 0.25) is 0 Å². The van der Waals surface area contributed by atoms with Gasteiger partial charge in [-0.1, -0.05) is 0 Å². The van der Waals surface area contributed by atoms with Gasteiger partial charge in [0.25, 0.3) is 0 Å².